The van der Waals surface area contributed by atoms with Crippen LogP contribution in [0, 0.1) is 5.92 Å². The molecule has 0 spiro atoms. The molecule has 4 aromatic carbocycles. The number of hydrogen-bond acceptors (Lipinski definition) is 16. The van der Waals surface area contributed by atoms with Gasteiger partial charge in [-0.1, -0.05) is 98.2 Å². The molecule has 0 aliphatic carbocycles. The van der Waals surface area contributed by atoms with Gasteiger partial charge in [0.05, 0.1) is 13.0 Å². The van der Waals surface area contributed by atoms with Crippen molar-refractivity contribution < 1.29 is 67.7 Å². The summed E-state index contributed by atoms with van der Waals surface area (Å²) < 4.78 is 0. The van der Waals surface area contributed by atoms with Crippen molar-refractivity contribution in [3.8, 4) is 5.75 Å². The zero-order valence-corrected chi connectivity index (χ0v) is 58.1. The fourth-order valence-corrected chi connectivity index (χ4v) is 11.7. The molecule has 1 aliphatic heterocycles. The number of pyridine rings is 1. The summed E-state index contributed by atoms with van der Waals surface area (Å²) in [5.74, 6) is -10.6. The van der Waals surface area contributed by atoms with Crippen molar-refractivity contribution in [2.24, 2.45) is 17.4 Å². The first-order chi connectivity index (χ1) is 47.5. The molecule has 100 heavy (non-hydrogen) atoms. The number of phenolic OH excluding ortho intramolecular Hbond substituents is 1. The van der Waals surface area contributed by atoms with Crippen LogP contribution >= 0.6 is 11.6 Å². The van der Waals surface area contributed by atoms with E-state index in [2.05, 4.69) is 47.5 Å². The van der Waals surface area contributed by atoms with Gasteiger partial charge in [-0.3, -0.25) is 62.5 Å². The Labute approximate surface area is 586 Å². The molecule has 1 fully saturated rings. The summed E-state index contributed by atoms with van der Waals surface area (Å²) in [6, 6.07) is 14.3. The van der Waals surface area contributed by atoms with Crippen LogP contribution < -0.4 is 54.0 Å². The van der Waals surface area contributed by atoms with E-state index in [9.17, 15) is 67.7 Å². The Kier molecular flexibility index (Phi) is 30.3. The number of aromatic hydroxyl groups is 1. The van der Waals surface area contributed by atoms with Crippen molar-refractivity contribution in [3.05, 3.63) is 143 Å². The molecular weight excluding hydrogens is 1310 g/mol. The molecule has 538 valence electrons. The average molecular weight is 1400 g/mol. The lowest BCUT2D eigenvalue weighted by Gasteiger charge is -2.32. The van der Waals surface area contributed by atoms with E-state index < -0.39 is 144 Å². The second kappa shape index (κ2) is 38.3. The maximum absolute atomic E-state index is 14.9. The normalized spacial score (nSPS) is 15.5. The lowest BCUT2D eigenvalue weighted by Crippen LogP contribution is -2.62. The van der Waals surface area contributed by atoms with Crippen molar-refractivity contribution in [1.82, 2.24) is 62.2 Å². The van der Waals surface area contributed by atoms with E-state index in [0.29, 0.717) is 53.1 Å². The highest BCUT2D eigenvalue weighted by atomic mass is 35.5. The highest BCUT2D eigenvalue weighted by Gasteiger charge is 2.41. The molecule has 0 radical (unpaired) electrons. The van der Waals surface area contributed by atoms with Gasteiger partial charge in [0.1, 0.15) is 66.2 Å². The van der Waals surface area contributed by atoms with Crippen LogP contribution in [0.25, 0.3) is 10.8 Å². The molecule has 2 heterocycles. The zero-order valence-electron chi connectivity index (χ0n) is 57.3. The van der Waals surface area contributed by atoms with Crippen molar-refractivity contribution in [2.75, 3.05) is 40.8 Å². The van der Waals surface area contributed by atoms with Gasteiger partial charge in [-0.25, -0.2) is 0 Å². The summed E-state index contributed by atoms with van der Waals surface area (Å²) in [5.41, 5.74) is 13.1. The Hall–Kier alpha value is -10.1. The number of rotatable bonds is 37. The van der Waals surface area contributed by atoms with Gasteiger partial charge in [0.25, 0.3) is 0 Å². The lowest BCUT2D eigenvalue weighted by molar-refractivity contribution is -0.144. The van der Waals surface area contributed by atoms with E-state index in [4.69, 9.17) is 23.1 Å². The quantitative estimate of drug-likeness (QED) is 0.0244. The Balaban J connectivity index is 1.25. The predicted octanol–water partition coefficient (Wildman–Crippen LogP) is 0.732. The van der Waals surface area contributed by atoms with Gasteiger partial charge in [-0.2, -0.15) is 0 Å². The number of amides is 12. The lowest BCUT2D eigenvalue weighted by atomic mass is 9.99. The summed E-state index contributed by atoms with van der Waals surface area (Å²) in [5, 5.41) is 44.6. The Morgan fingerprint density at radius 1 is 0.600 bits per heavy atom. The van der Waals surface area contributed by atoms with Gasteiger partial charge >= 0.3 is 0 Å². The minimum absolute atomic E-state index is 0.0217. The maximum Gasteiger partial charge on any atom is 0.247 e. The molecule has 6 rings (SSSR count). The van der Waals surface area contributed by atoms with E-state index in [-0.39, 0.29) is 63.2 Å². The molecule has 1 saturated heterocycles. The number of carbonyl (C=O) groups excluding carboxylic acids is 12. The van der Waals surface area contributed by atoms with Crippen LogP contribution in [0.3, 0.4) is 0 Å². The number of carbonyl (C=O) groups is 12. The van der Waals surface area contributed by atoms with Crippen LogP contribution in [-0.2, 0) is 83.2 Å². The summed E-state index contributed by atoms with van der Waals surface area (Å²) in [7, 11) is 4.94. The second-order valence-corrected chi connectivity index (χ2v) is 26.3. The van der Waals surface area contributed by atoms with Crippen LogP contribution in [0.15, 0.2) is 116 Å². The fourth-order valence-electron chi connectivity index (χ4n) is 11.6. The van der Waals surface area contributed by atoms with Gasteiger partial charge < -0.3 is 78.9 Å². The first-order valence-corrected chi connectivity index (χ1v) is 33.6. The average Bonchev–Trinajstić information content (AvgIpc) is 1.31. The molecule has 14 N–H and O–H groups in total. The van der Waals surface area contributed by atoms with Crippen molar-refractivity contribution in [1.29, 1.82) is 0 Å². The van der Waals surface area contributed by atoms with Crippen LogP contribution in [0.5, 0.6) is 5.75 Å². The summed E-state index contributed by atoms with van der Waals surface area (Å²) in [4.78, 5) is 176. The number of unbranched alkanes of at least 4 members (excludes halogenated alkanes) is 1. The zero-order chi connectivity index (χ0) is 73.3. The summed E-state index contributed by atoms with van der Waals surface area (Å²) in [6.45, 7) is 5.94. The Morgan fingerprint density at radius 2 is 1.14 bits per heavy atom. The van der Waals surface area contributed by atoms with Crippen molar-refractivity contribution in [2.45, 2.75) is 159 Å². The monoisotopic (exact) mass is 1400 g/mol. The number of nitrogens with zero attached hydrogens (tertiary/aromatic N) is 4. The number of likely N-dealkylation sites (tertiary alicyclic amines) is 1. The third kappa shape index (κ3) is 24.4. The molecule has 12 amide bonds. The molecule has 5 aromatic rings. The number of aliphatic hydroxyl groups excluding tert-OH is 1. The molecule has 28 nitrogen and oxygen atoms in total. The minimum atomic E-state index is -1.85. The number of fused-ring (bicyclic) bond motifs is 1. The van der Waals surface area contributed by atoms with Crippen molar-refractivity contribution >= 4 is 93.3 Å². The standard InChI is InChI=1S/C71H93ClN14O14/c1-41(2)32-53(63(92)78-52(17-10-11-30-84(5)6)71(100)86-31-13-18-59(86)68(97)76-42(3)62(74)91)79-67(96)57(38-61(73)90)82-69(98)60(37-45-22-27-51(89)28-23-45)85(7)70(99)58(40-87)83-66(95)56(36-47-14-12-29-75-39-47)81-65(94)55(34-44-20-25-50(72)26-21-44)80-64(93)54(77-43(4)88)35-46-19-24-48-15-8-9-16-49(48)33-46/h8-9,12,14-16,19-29,33,39,41-42,52-60,87,89H,10-11,13,17-18,30-32,34-38,40H2,1-7H3,(H2,73,90)(H2,74,91)(H,76,97)(H,77,88)(H,78,92)(H,79,96)(H,80,93)(H,81,94)(H,82,98)(H,83,95). The summed E-state index contributed by atoms with van der Waals surface area (Å²) >= 11 is 6.23. The molecular formula is C71H93ClN14O14. The molecule has 1 aromatic heterocycles. The van der Waals surface area contributed by atoms with Gasteiger partial charge in [0.15, 0.2) is 0 Å². The maximum atomic E-state index is 14.9. The van der Waals surface area contributed by atoms with Gasteiger partial charge in [-0.15, -0.1) is 0 Å². The van der Waals surface area contributed by atoms with Gasteiger partial charge in [0.2, 0.25) is 70.9 Å². The number of nitrogens with two attached hydrogens (primary N) is 2. The first kappa shape index (κ1) is 78.9. The highest BCUT2D eigenvalue weighted by Crippen LogP contribution is 2.23. The SMILES string of the molecule is CC(=O)NC(Cc1ccc2ccccc2c1)C(=O)NC(Cc1ccc(Cl)cc1)C(=O)NC(Cc1cccnc1)C(=O)NC(CO)C(=O)N(C)C(Cc1ccc(O)cc1)C(=O)NC(CC(N)=O)C(=O)NC(CC(C)C)C(=O)NC(CCCCN(C)C)C(=O)N1CCCC1C(=O)NC(C)C(N)=O. The summed E-state index contributed by atoms with van der Waals surface area (Å²) in [6.07, 6.45) is 3.28. The number of phenols is 1. The topological polar surface area (TPSA) is 416 Å². The molecule has 0 saturated carbocycles. The number of aromatic nitrogens is 1. The number of nitrogens with one attached hydrogen (secondary N) is 8. The number of aliphatic hydroxyl groups is 1. The van der Waals surface area contributed by atoms with E-state index in [1.807, 2.05) is 61.5 Å². The molecule has 1 aliphatic rings. The fraction of sp³-hybridized carbons (Fsp3) is 0.451. The predicted molar refractivity (Wildman–Crippen MR) is 373 cm³/mol. The van der Waals surface area contributed by atoms with E-state index in [1.54, 1.807) is 50.2 Å². The van der Waals surface area contributed by atoms with Crippen LogP contribution in [-0.4, -0.2) is 202 Å². The van der Waals surface area contributed by atoms with E-state index in [0.717, 1.165) is 15.7 Å². The highest BCUT2D eigenvalue weighted by molar-refractivity contribution is 6.30. The first-order valence-electron chi connectivity index (χ1n) is 33.2. The number of hydrogen-bond donors (Lipinski definition) is 12. The number of likely N-dealkylation sites (N-methyl/N-ethyl adjacent to an activating group) is 1. The third-order valence-electron chi connectivity index (χ3n) is 17.0. The number of halogens is 1. The smallest absolute Gasteiger partial charge is 0.247 e. The van der Waals surface area contributed by atoms with E-state index >= 15 is 0 Å². The van der Waals surface area contributed by atoms with Crippen molar-refractivity contribution in [3.63, 3.8) is 0 Å². The molecule has 29 heteroatoms. The largest absolute Gasteiger partial charge is 0.508 e. The van der Waals surface area contributed by atoms with Gasteiger partial charge in [-0.05, 0) is 135 Å². The van der Waals surface area contributed by atoms with Crippen LogP contribution in [0.2, 0.25) is 5.02 Å². The van der Waals surface area contributed by atoms with Gasteiger partial charge in [0, 0.05) is 63.6 Å². The number of benzene rings is 4. The molecule has 10 unspecified atom stereocenters. The third-order valence-corrected chi connectivity index (χ3v) is 17.2. The Bertz CT molecular complexity index is 3680. The van der Waals surface area contributed by atoms with E-state index in [1.165, 1.54) is 62.5 Å². The second-order valence-electron chi connectivity index (χ2n) is 25.8. The van der Waals surface area contributed by atoms with Crippen LogP contribution in [0.1, 0.15) is 94.9 Å². The minimum Gasteiger partial charge on any atom is -0.508 e. The van der Waals surface area contributed by atoms with Crippen LogP contribution in [0.4, 0.5) is 0 Å². The molecule has 0 bridgehead atoms. The Morgan fingerprint density at radius 3 is 1.73 bits per heavy atom. The molecule has 10 atom stereocenters. The number of primary amides is 2.